The second-order valence-corrected chi connectivity index (χ2v) is 2.93. The predicted molar refractivity (Wildman–Crippen MR) is 45.8 cm³/mol. The van der Waals surface area contributed by atoms with Gasteiger partial charge in [-0.25, -0.2) is 4.98 Å². The fourth-order valence-electron chi connectivity index (χ4n) is 1.31. The van der Waals surface area contributed by atoms with Gasteiger partial charge in [0.2, 0.25) is 0 Å². The summed E-state index contributed by atoms with van der Waals surface area (Å²) >= 11 is 0. The molecule has 15 heavy (non-hydrogen) atoms. The van der Waals surface area contributed by atoms with E-state index in [1.165, 1.54) is 12.4 Å². The maximum absolute atomic E-state index is 12.5. The number of halogens is 3. The Morgan fingerprint density at radius 1 is 1.33 bits per heavy atom. The minimum Gasteiger partial charge on any atom is -0.345 e. The van der Waals surface area contributed by atoms with Crippen LogP contribution in [0, 0.1) is 11.3 Å². The van der Waals surface area contributed by atoms with Gasteiger partial charge in [0.1, 0.15) is 0 Å². The normalized spacial score (nSPS) is 11.6. The number of benzene rings is 1. The van der Waals surface area contributed by atoms with E-state index in [4.69, 9.17) is 5.26 Å². The van der Waals surface area contributed by atoms with E-state index >= 15 is 0 Å². The molecule has 3 nitrogen and oxygen atoms in total. The Morgan fingerprint density at radius 3 is 2.67 bits per heavy atom. The van der Waals surface area contributed by atoms with Crippen LogP contribution in [0.5, 0.6) is 0 Å². The molecule has 1 aromatic heterocycles. The molecule has 0 aliphatic heterocycles. The van der Waals surface area contributed by atoms with Crippen LogP contribution in [0.1, 0.15) is 11.1 Å². The summed E-state index contributed by atoms with van der Waals surface area (Å²) in [7, 11) is 0. The number of aromatic amines is 1. The van der Waals surface area contributed by atoms with Crippen LogP contribution in [0.3, 0.4) is 0 Å². The summed E-state index contributed by atoms with van der Waals surface area (Å²) in [6.07, 6.45) is -3.24. The quantitative estimate of drug-likeness (QED) is 0.727. The van der Waals surface area contributed by atoms with E-state index in [0.29, 0.717) is 5.52 Å². The van der Waals surface area contributed by atoms with Gasteiger partial charge in [-0.3, -0.25) is 0 Å². The fourth-order valence-corrected chi connectivity index (χ4v) is 1.31. The number of nitrogens with zero attached hydrogens (tertiary/aromatic N) is 2. The van der Waals surface area contributed by atoms with Crippen molar-refractivity contribution in [2.75, 3.05) is 0 Å². The highest BCUT2D eigenvalue weighted by Gasteiger charge is 2.34. The number of alkyl halides is 3. The average molecular weight is 211 g/mol. The number of fused-ring (bicyclic) bond motifs is 1. The Balaban J connectivity index is 2.77. The molecule has 0 radical (unpaired) electrons. The van der Waals surface area contributed by atoms with Gasteiger partial charge in [-0.1, -0.05) is 0 Å². The number of hydrogen-bond donors (Lipinski definition) is 1. The minimum atomic E-state index is -4.52. The van der Waals surface area contributed by atoms with Gasteiger partial charge in [0.05, 0.1) is 34.6 Å². The lowest BCUT2D eigenvalue weighted by molar-refractivity contribution is -0.137. The van der Waals surface area contributed by atoms with E-state index in [0.717, 1.165) is 12.1 Å². The zero-order chi connectivity index (χ0) is 11.1. The lowest BCUT2D eigenvalue weighted by Gasteiger charge is -2.07. The summed E-state index contributed by atoms with van der Waals surface area (Å²) in [6, 6.07) is 3.52. The Hall–Kier alpha value is -2.03. The highest BCUT2D eigenvalue weighted by Crippen LogP contribution is 2.33. The molecule has 0 aliphatic rings. The van der Waals surface area contributed by atoms with Crippen molar-refractivity contribution >= 4 is 11.0 Å². The Labute approximate surface area is 82.2 Å². The van der Waals surface area contributed by atoms with E-state index < -0.39 is 17.3 Å². The standard InChI is InChI=1S/C9H4F3N3/c10-9(11,12)6-2-8-7(14-4-15-8)1-5(6)3-13/h1-2,4H,(H,14,15). The first kappa shape index (κ1) is 9.52. The van der Waals surface area contributed by atoms with Crippen LogP contribution in [-0.4, -0.2) is 9.97 Å². The molecule has 2 aromatic rings. The third kappa shape index (κ3) is 1.52. The van der Waals surface area contributed by atoms with Gasteiger partial charge in [0, 0.05) is 0 Å². The summed E-state index contributed by atoms with van der Waals surface area (Å²) in [5.41, 5.74) is -0.746. The lowest BCUT2D eigenvalue weighted by atomic mass is 10.1. The molecule has 0 bridgehead atoms. The Bertz CT molecular complexity index is 548. The molecule has 1 N–H and O–H groups in total. The third-order valence-corrected chi connectivity index (χ3v) is 1.99. The average Bonchev–Trinajstić information content (AvgIpc) is 2.60. The van der Waals surface area contributed by atoms with Crippen LogP contribution >= 0.6 is 0 Å². The first-order chi connectivity index (χ1) is 7.02. The highest BCUT2D eigenvalue weighted by atomic mass is 19.4. The predicted octanol–water partition coefficient (Wildman–Crippen LogP) is 2.45. The SMILES string of the molecule is N#Cc1cc2nc[nH]c2cc1C(F)(F)F. The van der Waals surface area contributed by atoms with Crippen LogP contribution in [-0.2, 0) is 6.18 Å². The van der Waals surface area contributed by atoms with Crippen LogP contribution < -0.4 is 0 Å². The van der Waals surface area contributed by atoms with Crippen molar-refractivity contribution in [3.05, 3.63) is 29.6 Å². The summed E-state index contributed by atoms with van der Waals surface area (Å²) in [5.74, 6) is 0. The largest absolute Gasteiger partial charge is 0.417 e. The van der Waals surface area contributed by atoms with Crippen molar-refractivity contribution in [2.45, 2.75) is 6.18 Å². The van der Waals surface area contributed by atoms with E-state index in [1.807, 2.05) is 0 Å². The smallest absolute Gasteiger partial charge is 0.345 e. The number of nitrogens with one attached hydrogen (secondary N) is 1. The molecular weight excluding hydrogens is 207 g/mol. The molecule has 2 rings (SSSR count). The highest BCUT2D eigenvalue weighted by molar-refractivity contribution is 5.77. The first-order valence-electron chi connectivity index (χ1n) is 3.97. The molecule has 0 spiro atoms. The van der Waals surface area contributed by atoms with Gasteiger partial charge < -0.3 is 4.98 Å². The van der Waals surface area contributed by atoms with Crippen LogP contribution in [0.15, 0.2) is 18.5 Å². The van der Waals surface area contributed by atoms with Crippen molar-refractivity contribution in [3.8, 4) is 6.07 Å². The second-order valence-electron chi connectivity index (χ2n) is 2.93. The van der Waals surface area contributed by atoms with Gasteiger partial charge >= 0.3 is 6.18 Å². The molecule has 0 aliphatic carbocycles. The molecule has 0 fully saturated rings. The van der Waals surface area contributed by atoms with Gasteiger partial charge in [0.25, 0.3) is 0 Å². The summed E-state index contributed by atoms with van der Waals surface area (Å²) in [4.78, 5) is 6.34. The molecular formula is C9H4F3N3. The van der Waals surface area contributed by atoms with Gasteiger partial charge in [-0.05, 0) is 12.1 Å². The van der Waals surface area contributed by atoms with E-state index in [-0.39, 0.29) is 5.52 Å². The molecule has 0 saturated carbocycles. The zero-order valence-corrected chi connectivity index (χ0v) is 7.26. The summed E-state index contributed by atoms with van der Waals surface area (Å²) in [5, 5.41) is 8.59. The molecule has 0 atom stereocenters. The van der Waals surface area contributed by atoms with Gasteiger partial charge in [-0.15, -0.1) is 0 Å². The topological polar surface area (TPSA) is 52.5 Å². The zero-order valence-electron chi connectivity index (χ0n) is 7.26. The molecule has 6 heteroatoms. The molecule has 1 heterocycles. The number of rotatable bonds is 0. The molecule has 0 saturated heterocycles. The van der Waals surface area contributed by atoms with Gasteiger partial charge in [-0.2, -0.15) is 18.4 Å². The van der Waals surface area contributed by atoms with Gasteiger partial charge in [0.15, 0.2) is 0 Å². The molecule has 1 aromatic carbocycles. The summed E-state index contributed by atoms with van der Waals surface area (Å²) < 4.78 is 37.5. The number of aromatic nitrogens is 2. The Kier molecular flexibility index (Phi) is 1.89. The van der Waals surface area contributed by atoms with Crippen molar-refractivity contribution < 1.29 is 13.2 Å². The van der Waals surface area contributed by atoms with E-state index in [1.54, 1.807) is 0 Å². The van der Waals surface area contributed by atoms with Crippen molar-refractivity contribution in [3.63, 3.8) is 0 Å². The maximum atomic E-state index is 12.5. The van der Waals surface area contributed by atoms with Crippen molar-refractivity contribution in [2.24, 2.45) is 0 Å². The monoisotopic (exact) mass is 211 g/mol. The number of nitriles is 1. The van der Waals surface area contributed by atoms with Crippen LogP contribution in [0.2, 0.25) is 0 Å². The van der Waals surface area contributed by atoms with E-state index in [2.05, 4.69) is 9.97 Å². The second kappa shape index (κ2) is 2.98. The fraction of sp³-hybridized carbons (Fsp3) is 0.111. The maximum Gasteiger partial charge on any atom is 0.417 e. The lowest BCUT2D eigenvalue weighted by Crippen LogP contribution is -2.07. The number of H-pyrrole nitrogens is 1. The molecule has 0 unspecified atom stereocenters. The first-order valence-corrected chi connectivity index (χ1v) is 3.97. The van der Waals surface area contributed by atoms with Crippen LogP contribution in [0.25, 0.3) is 11.0 Å². The van der Waals surface area contributed by atoms with E-state index in [9.17, 15) is 13.2 Å². The molecule has 0 amide bonds. The molecule has 76 valence electrons. The van der Waals surface area contributed by atoms with Crippen molar-refractivity contribution in [1.82, 2.24) is 9.97 Å². The number of hydrogen-bond acceptors (Lipinski definition) is 2. The van der Waals surface area contributed by atoms with Crippen LogP contribution in [0.4, 0.5) is 13.2 Å². The van der Waals surface area contributed by atoms with Crippen molar-refractivity contribution in [1.29, 1.82) is 5.26 Å². The Morgan fingerprint density at radius 2 is 2.07 bits per heavy atom. The summed E-state index contributed by atoms with van der Waals surface area (Å²) in [6.45, 7) is 0. The number of imidazole rings is 1. The third-order valence-electron chi connectivity index (χ3n) is 1.99. The minimum absolute atomic E-state index is 0.265.